The highest BCUT2D eigenvalue weighted by Crippen LogP contribution is 2.28. The molecule has 6 nitrogen and oxygen atoms in total. The normalized spacial score (nSPS) is 23.0. The Morgan fingerprint density at radius 3 is 2.68 bits per heavy atom. The van der Waals surface area contributed by atoms with Crippen molar-refractivity contribution in [1.82, 2.24) is 0 Å². The van der Waals surface area contributed by atoms with E-state index in [2.05, 4.69) is 0 Å². The minimum Gasteiger partial charge on any atom is -0.443 e. The van der Waals surface area contributed by atoms with Crippen LogP contribution in [-0.4, -0.2) is 54.1 Å². The third kappa shape index (κ3) is 2.93. The van der Waals surface area contributed by atoms with E-state index in [4.69, 9.17) is 10.5 Å². The monoisotopic (exact) mass is 327 g/mol. The van der Waals surface area contributed by atoms with Gasteiger partial charge in [0.05, 0.1) is 17.9 Å². The number of amides is 1. The number of rotatable bonds is 3. The topological polar surface area (TPSA) is 75.9 Å². The van der Waals surface area contributed by atoms with E-state index in [-0.39, 0.29) is 12.6 Å². The quantitative estimate of drug-likeness (QED) is 0.883. The number of carbonyl (C=O) groups is 1. The number of carbonyl (C=O) groups excluding carboxylic acids is 1. The summed E-state index contributed by atoms with van der Waals surface area (Å²) in [5.41, 5.74) is 6.43. The summed E-state index contributed by atoms with van der Waals surface area (Å²) in [6, 6.07) is 4.69. The maximum Gasteiger partial charge on any atom is 0.414 e. The van der Waals surface area contributed by atoms with Crippen LogP contribution in [0.4, 0.5) is 20.6 Å². The summed E-state index contributed by atoms with van der Waals surface area (Å²) in [6.07, 6.45) is -0.858. The van der Waals surface area contributed by atoms with Crippen molar-refractivity contribution in [2.75, 3.05) is 47.5 Å². The van der Waals surface area contributed by atoms with Gasteiger partial charge in [-0.25, -0.2) is 9.18 Å². The van der Waals surface area contributed by atoms with Gasteiger partial charge in [-0.1, -0.05) is 0 Å². The molecule has 2 aliphatic rings. The maximum atomic E-state index is 14.4. The van der Waals surface area contributed by atoms with Crippen molar-refractivity contribution in [2.45, 2.75) is 6.10 Å². The average molecular weight is 327 g/mol. The van der Waals surface area contributed by atoms with Crippen LogP contribution in [-0.2, 0) is 15.5 Å². The highest BCUT2D eigenvalue weighted by Gasteiger charge is 2.32. The summed E-state index contributed by atoms with van der Waals surface area (Å²) in [7, 11) is -0.803. The summed E-state index contributed by atoms with van der Waals surface area (Å²) >= 11 is 0. The lowest BCUT2D eigenvalue weighted by atomic mass is 10.2. The first-order valence-corrected chi connectivity index (χ1v) is 8.65. The molecule has 1 amide bonds. The molecule has 2 N–H and O–H groups in total. The largest absolute Gasteiger partial charge is 0.443 e. The molecule has 0 saturated carbocycles. The van der Waals surface area contributed by atoms with Crippen molar-refractivity contribution < 1.29 is 18.1 Å². The second kappa shape index (κ2) is 6.21. The van der Waals surface area contributed by atoms with Crippen LogP contribution >= 0.6 is 0 Å². The highest BCUT2D eigenvalue weighted by molar-refractivity contribution is 7.85. The van der Waals surface area contributed by atoms with Crippen molar-refractivity contribution in [3.8, 4) is 0 Å². The summed E-state index contributed by atoms with van der Waals surface area (Å²) in [4.78, 5) is 15.0. The predicted molar refractivity (Wildman–Crippen MR) is 83.2 cm³/mol. The standard InChI is InChI=1S/C14H18FN3O3S/c15-12-7-10(18-9-11(8-16)21-14(18)19)1-2-13(12)17-3-5-22(20)6-4-17/h1-2,7,11H,3-6,8-9,16H2. The molecule has 22 heavy (non-hydrogen) atoms. The smallest absolute Gasteiger partial charge is 0.414 e. The van der Waals surface area contributed by atoms with Crippen molar-refractivity contribution in [1.29, 1.82) is 0 Å². The fourth-order valence-electron chi connectivity index (χ4n) is 2.65. The lowest BCUT2D eigenvalue weighted by Gasteiger charge is -2.29. The van der Waals surface area contributed by atoms with Gasteiger partial charge in [0, 0.05) is 41.9 Å². The van der Waals surface area contributed by atoms with Gasteiger partial charge in [-0.05, 0) is 18.2 Å². The highest BCUT2D eigenvalue weighted by atomic mass is 32.2. The Balaban J connectivity index is 1.78. The van der Waals surface area contributed by atoms with Gasteiger partial charge in [0.1, 0.15) is 11.9 Å². The molecule has 8 heteroatoms. The van der Waals surface area contributed by atoms with Gasteiger partial charge in [-0.15, -0.1) is 0 Å². The molecule has 0 radical (unpaired) electrons. The molecule has 0 aromatic heterocycles. The zero-order valence-corrected chi connectivity index (χ0v) is 12.9. The van der Waals surface area contributed by atoms with E-state index in [1.54, 1.807) is 12.1 Å². The van der Waals surface area contributed by atoms with E-state index in [1.165, 1.54) is 11.0 Å². The number of nitrogens with zero attached hydrogens (tertiary/aromatic N) is 2. The number of anilines is 2. The minimum atomic E-state index is -0.803. The lowest BCUT2D eigenvalue weighted by Crippen LogP contribution is -2.38. The molecule has 1 aromatic carbocycles. The molecular formula is C14H18FN3O3S. The molecule has 1 atom stereocenters. The summed E-state index contributed by atoms with van der Waals surface area (Å²) in [5.74, 6) is 0.713. The molecule has 0 spiro atoms. The molecule has 0 bridgehead atoms. The molecule has 2 fully saturated rings. The average Bonchev–Trinajstić information content (AvgIpc) is 2.89. The van der Waals surface area contributed by atoms with E-state index >= 15 is 0 Å². The Kier molecular flexibility index (Phi) is 4.30. The Morgan fingerprint density at radius 2 is 2.09 bits per heavy atom. The fourth-order valence-corrected chi connectivity index (χ4v) is 3.71. The minimum absolute atomic E-state index is 0.244. The molecule has 2 aliphatic heterocycles. The van der Waals surface area contributed by atoms with Crippen LogP contribution in [0.3, 0.4) is 0 Å². The molecule has 3 rings (SSSR count). The van der Waals surface area contributed by atoms with E-state index < -0.39 is 22.7 Å². The van der Waals surface area contributed by atoms with Gasteiger partial charge >= 0.3 is 6.09 Å². The molecular weight excluding hydrogens is 309 g/mol. The molecule has 120 valence electrons. The van der Waals surface area contributed by atoms with Gasteiger partial charge in [-0.3, -0.25) is 9.11 Å². The van der Waals surface area contributed by atoms with Crippen LogP contribution in [0, 0.1) is 5.82 Å². The Bertz CT molecular complexity index is 603. The molecule has 2 saturated heterocycles. The molecule has 2 heterocycles. The van der Waals surface area contributed by atoms with Crippen molar-refractivity contribution >= 4 is 28.3 Å². The fraction of sp³-hybridized carbons (Fsp3) is 0.500. The SMILES string of the molecule is NCC1CN(c2ccc(N3CCS(=O)CC3)c(F)c2)C(=O)O1. The first kappa shape index (κ1) is 15.2. The first-order chi connectivity index (χ1) is 10.6. The number of halogens is 1. The van der Waals surface area contributed by atoms with E-state index in [0.29, 0.717) is 42.5 Å². The summed E-state index contributed by atoms with van der Waals surface area (Å²) < 4.78 is 30.8. The van der Waals surface area contributed by atoms with Crippen LogP contribution in [0.25, 0.3) is 0 Å². The predicted octanol–water partition coefficient (Wildman–Crippen LogP) is 0.678. The van der Waals surface area contributed by atoms with Crippen LogP contribution in [0.15, 0.2) is 18.2 Å². The van der Waals surface area contributed by atoms with Crippen LogP contribution in [0.1, 0.15) is 0 Å². The van der Waals surface area contributed by atoms with Crippen LogP contribution < -0.4 is 15.5 Å². The number of cyclic esters (lactones) is 1. The molecule has 0 aliphatic carbocycles. The van der Waals surface area contributed by atoms with Gasteiger partial charge in [0.15, 0.2) is 0 Å². The number of hydrogen-bond donors (Lipinski definition) is 1. The Labute approximate surface area is 130 Å². The van der Waals surface area contributed by atoms with E-state index in [0.717, 1.165) is 0 Å². The Hall–Kier alpha value is -1.67. The number of benzene rings is 1. The van der Waals surface area contributed by atoms with Gasteiger partial charge in [0.2, 0.25) is 0 Å². The zero-order valence-electron chi connectivity index (χ0n) is 12.0. The second-order valence-electron chi connectivity index (χ2n) is 5.32. The van der Waals surface area contributed by atoms with E-state index in [1.807, 2.05) is 4.90 Å². The maximum absolute atomic E-state index is 14.4. The number of hydrogen-bond acceptors (Lipinski definition) is 5. The van der Waals surface area contributed by atoms with Gasteiger partial charge < -0.3 is 15.4 Å². The van der Waals surface area contributed by atoms with Crippen molar-refractivity contribution in [3.05, 3.63) is 24.0 Å². The second-order valence-corrected chi connectivity index (χ2v) is 7.02. The van der Waals surface area contributed by atoms with Gasteiger partial charge in [-0.2, -0.15) is 0 Å². The Morgan fingerprint density at radius 1 is 1.36 bits per heavy atom. The van der Waals surface area contributed by atoms with Crippen molar-refractivity contribution in [2.24, 2.45) is 5.73 Å². The first-order valence-electron chi connectivity index (χ1n) is 7.16. The third-order valence-corrected chi connectivity index (χ3v) is 5.17. The van der Waals surface area contributed by atoms with Crippen LogP contribution in [0.2, 0.25) is 0 Å². The van der Waals surface area contributed by atoms with Gasteiger partial charge in [0.25, 0.3) is 0 Å². The number of ether oxygens (including phenoxy) is 1. The third-order valence-electron chi connectivity index (χ3n) is 3.90. The number of nitrogens with two attached hydrogens (primary N) is 1. The molecule has 1 unspecified atom stereocenters. The lowest BCUT2D eigenvalue weighted by molar-refractivity contribution is 0.145. The summed E-state index contributed by atoms with van der Waals surface area (Å²) in [6.45, 7) is 1.72. The molecule has 1 aromatic rings. The van der Waals surface area contributed by atoms with E-state index in [9.17, 15) is 13.4 Å². The van der Waals surface area contributed by atoms with Crippen LogP contribution in [0.5, 0.6) is 0 Å². The summed E-state index contributed by atoms with van der Waals surface area (Å²) in [5, 5.41) is 0. The zero-order chi connectivity index (χ0) is 15.7. The van der Waals surface area contributed by atoms with Crippen molar-refractivity contribution in [3.63, 3.8) is 0 Å².